The first-order valence-corrected chi connectivity index (χ1v) is 5.42. The van der Waals surface area contributed by atoms with Crippen molar-refractivity contribution in [1.29, 1.82) is 0 Å². The fourth-order valence-electron chi connectivity index (χ4n) is 1.36. The molecule has 0 aromatic heterocycles. The first-order valence-electron chi connectivity index (χ1n) is 4.27. The molecule has 1 rings (SSSR count). The average molecular weight is 172 g/mol. The van der Waals surface area contributed by atoms with Crippen molar-refractivity contribution in [3.8, 4) is 0 Å². The van der Waals surface area contributed by atoms with Crippen molar-refractivity contribution in [1.82, 2.24) is 0 Å². The van der Waals surface area contributed by atoms with Crippen LogP contribution in [0.5, 0.6) is 0 Å². The van der Waals surface area contributed by atoms with Gasteiger partial charge < -0.3 is 5.11 Å². The zero-order chi connectivity index (χ0) is 7.94. The van der Waals surface area contributed by atoms with Crippen LogP contribution in [0.1, 0.15) is 19.3 Å². The number of rotatable bonds is 3. The molecule has 0 radical (unpaired) electrons. The molecule has 1 fully saturated rings. The molecule has 0 spiro atoms. The molecule has 1 aliphatic heterocycles. The summed E-state index contributed by atoms with van der Waals surface area (Å²) in [5.74, 6) is 3.53. The van der Waals surface area contributed by atoms with Crippen molar-refractivity contribution in [2.24, 2.45) is 5.92 Å². The third-order valence-electron chi connectivity index (χ3n) is 2.00. The minimum absolute atomic E-state index is 0.194. The van der Waals surface area contributed by atoms with Gasteiger partial charge in [0.15, 0.2) is 0 Å². The molecule has 1 unspecified atom stereocenters. The minimum atomic E-state index is 0.194. The Morgan fingerprint density at radius 3 is 3.00 bits per heavy atom. The van der Waals surface area contributed by atoms with E-state index < -0.39 is 0 Å². The van der Waals surface area contributed by atoms with Crippen LogP contribution in [0.25, 0.3) is 0 Å². The van der Waals surface area contributed by atoms with E-state index in [9.17, 15) is 0 Å². The van der Waals surface area contributed by atoms with Crippen molar-refractivity contribution in [2.45, 2.75) is 19.3 Å². The molecule has 1 saturated heterocycles. The number of allylic oxidation sites excluding steroid dienone is 1. The molecule has 64 valence electrons. The highest BCUT2D eigenvalue weighted by Gasteiger charge is 2.11. The fourth-order valence-corrected chi connectivity index (χ4v) is 2.53. The molecule has 2 heteroatoms. The zero-order valence-electron chi connectivity index (χ0n) is 6.83. The van der Waals surface area contributed by atoms with E-state index in [-0.39, 0.29) is 6.61 Å². The van der Waals surface area contributed by atoms with Crippen LogP contribution in [-0.2, 0) is 0 Å². The summed E-state index contributed by atoms with van der Waals surface area (Å²) < 4.78 is 0. The Morgan fingerprint density at radius 2 is 2.36 bits per heavy atom. The Morgan fingerprint density at radius 1 is 1.45 bits per heavy atom. The molecular formula is C9H16OS. The van der Waals surface area contributed by atoms with E-state index in [4.69, 9.17) is 5.11 Å². The van der Waals surface area contributed by atoms with Crippen molar-refractivity contribution < 1.29 is 5.11 Å². The lowest BCUT2D eigenvalue weighted by Crippen LogP contribution is -2.09. The summed E-state index contributed by atoms with van der Waals surface area (Å²) in [7, 11) is 0. The number of thioether (sulfide) groups is 1. The van der Waals surface area contributed by atoms with Gasteiger partial charge in [0.05, 0.1) is 6.61 Å². The van der Waals surface area contributed by atoms with Crippen molar-refractivity contribution in [2.75, 3.05) is 18.1 Å². The van der Waals surface area contributed by atoms with Gasteiger partial charge in [0.2, 0.25) is 0 Å². The van der Waals surface area contributed by atoms with Gasteiger partial charge in [0.1, 0.15) is 0 Å². The van der Waals surface area contributed by atoms with Gasteiger partial charge in [-0.2, -0.15) is 11.8 Å². The summed E-state index contributed by atoms with van der Waals surface area (Å²) in [4.78, 5) is 0. The molecule has 0 aliphatic carbocycles. The van der Waals surface area contributed by atoms with Crippen LogP contribution < -0.4 is 0 Å². The Balaban J connectivity index is 2.09. The third-order valence-corrected chi connectivity index (χ3v) is 3.28. The minimum Gasteiger partial charge on any atom is -0.392 e. The van der Waals surface area contributed by atoms with E-state index in [0.717, 1.165) is 12.3 Å². The van der Waals surface area contributed by atoms with Gasteiger partial charge in [0.25, 0.3) is 0 Å². The van der Waals surface area contributed by atoms with Crippen LogP contribution in [-0.4, -0.2) is 23.2 Å². The van der Waals surface area contributed by atoms with E-state index in [2.05, 4.69) is 17.8 Å². The van der Waals surface area contributed by atoms with Crippen molar-refractivity contribution >= 4 is 11.8 Å². The number of hydrogen-bond acceptors (Lipinski definition) is 2. The van der Waals surface area contributed by atoms with Gasteiger partial charge in [0, 0.05) is 0 Å². The Hall–Kier alpha value is 0.0500. The molecule has 0 aromatic rings. The highest BCUT2D eigenvalue weighted by atomic mass is 32.2. The molecule has 0 amide bonds. The fraction of sp³-hybridized carbons (Fsp3) is 0.778. The van der Waals surface area contributed by atoms with E-state index in [1.807, 2.05) is 6.08 Å². The van der Waals surface area contributed by atoms with Crippen LogP contribution in [0.2, 0.25) is 0 Å². The van der Waals surface area contributed by atoms with Crippen LogP contribution in [0.15, 0.2) is 12.2 Å². The van der Waals surface area contributed by atoms with Gasteiger partial charge in [-0.05, 0) is 36.7 Å². The standard InChI is InChI=1S/C9H16OS/c10-6-2-1-4-9-5-3-7-11-8-9/h1-2,9-10H,3-8H2/b2-1-. The summed E-state index contributed by atoms with van der Waals surface area (Å²) in [5, 5.41) is 8.50. The normalized spacial score (nSPS) is 26.1. The number of hydrogen-bond donors (Lipinski definition) is 1. The average Bonchev–Trinajstić information content (AvgIpc) is 2.07. The summed E-state index contributed by atoms with van der Waals surface area (Å²) in [5.41, 5.74) is 0. The molecule has 0 aromatic carbocycles. The molecule has 0 bridgehead atoms. The maximum Gasteiger partial charge on any atom is 0.0612 e. The van der Waals surface area contributed by atoms with Crippen LogP contribution in [0.4, 0.5) is 0 Å². The van der Waals surface area contributed by atoms with Crippen molar-refractivity contribution in [3.63, 3.8) is 0 Å². The second kappa shape index (κ2) is 5.67. The SMILES string of the molecule is OC/C=C\CC1CCCSC1. The summed E-state index contributed by atoms with van der Waals surface area (Å²) in [6, 6.07) is 0. The topological polar surface area (TPSA) is 20.2 Å². The number of aliphatic hydroxyl groups is 1. The molecular weight excluding hydrogens is 156 g/mol. The monoisotopic (exact) mass is 172 g/mol. The first kappa shape index (κ1) is 9.14. The Labute approximate surface area is 72.9 Å². The molecule has 1 nitrogen and oxygen atoms in total. The molecule has 1 atom stereocenters. The summed E-state index contributed by atoms with van der Waals surface area (Å²) in [6.45, 7) is 0.194. The second-order valence-electron chi connectivity index (χ2n) is 2.97. The Bertz CT molecular complexity index is 117. The van der Waals surface area contributed by atoms with Crippen LogP contribution in [0.3, 0.4) is 0 Å². The highest BCUT2D eigenvalue weighted by Crippen LogP contribution is 2.25. The third kappa shape index (κ3) is 3.82. The van der Waals surface area contributed by atoms with Crippen molar-refractivity contribution in [3.05, 3.63) is 12.2 Å². The lowest BCUT2D eigenvalue weighted by atomic mass is 10.0. The molecule has 1 heterocycles. The maximum atomic E-state index is 8.50. The van der Waals surface area contributed by atoms with Crippen LogP contribution >= 0.6 is 11.8 Å². The van der Waals surface area contributed by atoms with Gasteiger partial charge in [-0.15, -0.1) is 0 Å². The van der Waals surface area contributed by atoms with E-state index >= 15 is 0 Å². The quantitative estimate of drug-likeness (QED) is 0.658. The van der Waals surface area contributed by atoms with Gasteiger partial charge >= 0.3 is 0 Å². The molecule has 1 aliphatic rings. The largest absolute Gasteiger partial charge is 0.392 e. The molecule has 0 saturated carbocycles. The summed E-state index contributed by atoms with van der Waals surface area (Å²) in [6.07, 6.45) is 7.87. The lowest BCUT2D eigenvalue weighted by molar-refractivity contribution is 0.342. The predicted octanol–water partition coefficient (Wildman–Crippen LogP) is 2.07. The molecule has 1 N–H and O–H groups in total. The van der Waals surface area contributed by atoms with E-state index in [1.165, 1.54) is 24.3 Å². The number of aliphatic hydroxyl groups excluding tert-OH is 1. The first-order chi connectivity index (χ1) is 5.43. The second-order valence-corrected chi connectivity index (χ2v) is 4.12. The van der Waals surface area contributed by atoms with Gasteiger partial charge in [-0.25, -0.2) is 0 Å². The molecule has 11 heavy (non-hydrogen) atoms. The van der Waals surface area contributed by atoms with E-state index in [0.29, 0.717) is 0 Å². The smallest absolute Gasteiger partial charge is 0.0612 e. The zero-order valence-corrected chi connectivity index (χ0v) is 7.65. The van der Waals surface area contributed by atoms with E-state index in [1.54, 1.807) is 0 Å². The maximum absolute atomic E-state index is 8.50. The highest BCUT2D eigenvalue weighted by molar-refractivity contribution is 7.99. The predicted molar refractivity (Wildman–Crippen MR) is 50.9 cm³/mol. The van der Waals surface area contributed by atoms with Gasteiger partial charge in [-0.1, -0.05) is 12.2 Å². The summed E-state index contributed by atoms with van der Waals surface area (Å²) >= 11 is 2.06. The van der Waals surface area contributed by atoms with Gasteiger partial charge in [-0.3, -0.25) is 0 Å². The Kier molecular flexibility index (Phi) is 4.71. The lowest BCUT2D eigenvalue weighted by Gasteiger charge is -2.19. The van der Waals surface area contributed by atoms with Crippen LogP contribution in [0, 0.1) is 5.92 Å².